The zero-order chi connectivity index (χ0) is 15.7. The fourth-order valence-corrected chi connectivity index (χ4v) is 2.62. The SMILES string of the molecule is CONc1nc(Cl)nc2c1ncn2[C@@H]1C=C[C@@H](OC(C)=O)C1. The van der Waals surface area contributed by atoms with Gasteiger partial charge in [-0.1, -0.05) is 6.08 Å². The first kappa shape index (κ1) is 14.7. The van der Waals surface area contributed by atoms with Crippen molar-refractivity contribution in [3.8, 4) is 0 Å². The average Bonchev–Trinajstić information content (AvgIpc) is 3.04. The molecular formula is C13H14ClN5O3. The zero-order valence-corrected chi connectivity index (χ0v) is 12.7. The van der Waals surface area contributed by atoms with Crippen molar-refractivity contribution in [3.63, 3.8) is 0 Å². The fraction of sp³-hybridized carbons (Fsp3) is 0.385. The van der Waals surface area contributed by atoms with E-state index in [2.05, 4.69) is 20.4 Å². The second kappa shape index (κ2) is 5.90. The Bertz CT molecular complexity index is 745. The molecule has 9 heteroatoms. The average molecular weight is 324 g/mol. The van der Waals surface area contributed by atoms with E-state index in [1.165, 1.54) is 14.0 Å². The number of ether oxygens (including phenoxy) is 1. The van der Waals surface area contributed by atoms with Crippen molar-refractivity contribution in [1.29, 1.82) is 0 Å². The van der Waals surface area contributed by atoms with E-state index in [0.717, 1.165) is 0 Å². The van der Waals surface area contributed by atoms with E-state index in [1.54, 1.807) is 6.33 Å². The Morgan fingerprint density at radius 1 is 1.45 bits per heavy atom. The Balaban J connectivity index is 1.93. The Morgan fingerprint density at radius 2 is 2.27 bits per heavy atom. The predicted molar refractivity (Wildman–Crippen MR) is 79.3 cm³/mol. The predicted octanol–water partition coefficient (Wildman–Crippen LogP) is 1.89. The summed E-state index contributed by atoms with van der Waals surface area (Å²) in [6, 6.07) is -0.0179. The summed E-state index contributed by atoms with van der Waals surface area (Å²) in [5.41, 5.74) is 3.76. The largest absolute Gasteiger partial charge is 0.458 e. The van der Waals surface area contributed by atoms with Gasteiger partial charge in [-0.15, -0.1) is 0 Å². The standard InChI is InChI=1S/C13H14ClN5O3/c1-7(20)22-9-4-3-8(5-9)19-6-15-10-11(18-21-2)16-13(14)17-12(10)19/h3-4,6,8-9H,5H2,1-2H3,(H,16,17,18)/t8-,9-/m1/s1. The van der Waals surface area contributed by atoms with Crippen LogP contribution in [0.25, 0.3) is 11.2 Å². The van der Waals surface area contributed by atoms with Crippen LogP contribution in [-0.2, 0) is 14.4 Å². The first-order chi connectivity index (χ1) is 10.6. The van der Waals surface area contributed by atoms with E-state index < -0.39 is 0 Å². The number of carbonyl (C=O) groups excluding carboxylic acids is 1. The molecule has 8 nitrogen and oxygen atoms in total. The van der Waals surface area contributed by atoms with Crippen molar-refractivity contribution in [2.24, 2.45) is 0 Å². The monoisotopic (exact) mass is 323 g/mol. The van der Waals surface area contributed by atoms with Gasteiger partial charge in [0.2, 0.25) is 5.28 Å². The number of nitrogens with one attached hydrogen (secondary N) is 1. The van der Waals surface area contributed by atoms with E-state index in [0.29, 0.717) is 23.4 Å². The molecule has 0 saturated heterocycles. The molecule has 2 heterocycles. The van der Waals surface area contributed by atoms with Gasteiger partial charge in [-0.3, -0.25) is 9.63 Å². The normalized spacial score (nSPS) is 20.5. The lowest BCUT2D eigenvalue weighted by Gasteiger charge is -2.14. The summed E-state index contributed by atoms with van der Waals surface area (Å²) in [5, 5.41) is 0.0901. The van der Waals surface area contributed by atoms with Crippen molar-refractivity contribution in [1.82, 2.24) is 19.5 Å². The van der Waals surface area contributed by atoms with Crippen LogP contribution in [0.3, 0.4) is 0 Å². The Kier molecular flexibility index (Phi) is 3.95. The molecule has 0 radical (unpaired) electrons. The minimum Gasteiger partial charge on any atom is -0.458 e. The highest BCUT2D eigenvalue weighted by Crippen LogP contribution is 2.30. The zero-order valence-electron chi connectivity index (χ0n) is 12.0. The van der Waals surface area contributed by atoms with Crippen LogP contribution >= 0.6 is 11.6 Å². The second-order valence-electron chi connectivity index (χ2n) is 4.81. The smallest absolute Gasteiger partial charge is 0.303 e. The third-order valence-corrected chi connectivity index (χ3v) is 3.46. The fourth-order valence-electron chi connectivity index (χ4n) is 2.45. The second-order valence-corrected chi connectivity index (χ2v) is 5.15. The molecule has 1 aliphatic rings. The molecule has 3 rings (SSSR count). The van der Waals surface area contributed by atoms with Gasteiger partial charge in [0.25, 0.3) is 0 Å². The molecule has 0 spiro atoms. The van der Waals surface area contributed by atoms with Crippen LogP contribution in [0.15, 0.2) is 18.5 Å². The Hall–Kier alpha value is -2.19. The number of halogens is 1. The number of anilines is 1. The van der Waals surface area contributed by atoms with E-state index in [9.17, 15) is 4.79 Å². The van der Waals surface area contributed by atoms with E-state index >= 15 is 0 Å². The Labute approximate surface area is 131 Å². The van der Waals surface area contributed by atoms with Crippen molar-refractivity contribution in [3.05, 3.63) is 23.8 Å². The lowest BCUT2D eigenvalue weighted by molar-refractivity contribution is -0.144. The molecule has 0 amide bonds. The number of hydrogen-bond donors (Lipinski definition) is 1. The summed E-state index contributed by atoms with van der Waals surface area (Å²) in [6.07, 6.45) is 5.85. The van der Waals surface area contributed by atoms with Crippen LogP contribution in [0.4, 0.5) is 5.82 Å². The van der Waals surface area contributed by atoms with E-state index in [-0.39, 0.29) is 23.4 Å². The molecule has 0 fully saturated rings. The number of esters is 1. The first-order valence-corrected chi connectivity index (χ1v) is 7.01. The summed E-state index contributed by atoms with van der Waals surface area (Å²) in [6.45, 7) is 1.39. The van der Waals surface area contributed by atoms with Gasteiger partial charge in [0.05, 0.1) is 19.5 Å². The molecule has 22 heavy (non-hydrogen) atoms. The maximum atomic E-state index is 11.0. The van der Waals surface area contributed by atoms with Crippen LogP contribution in [0.5, 0.6) is 0 Å². The lowest BCUT2D eigenvalue weighted by atomic mass is 10.2. The summed E-state index contributed by atoms with van der Waals surface area (Å²) < 4.78 is 7.05. The quantitative estimate of drug-likeness (QED) is 0.397. The number of aromatic nitrogens is 4. The van der Waals surface area contributed by atoms with Crippen LogP contribution < -0.4 is 5.48 Å². The molecule has 1 aliphatic carbocycles. The van der Waals surface area contributed by atoms with Gasteiger partial charge >= 0.3 is 5.97 Å². The number of imidazole rings is 1. The van der Waals surface area contributed by atoms with E-state index in [4.69, 9.17) is 21.2 Å². The number of hydrogen-bond acceptors (Lipinski definition) is 7. The summed E-state index contributed by atoms with van der Waals surface area (Å²) in [4.78, 5) is 28.5. The minimum absolute atomic E-state index is 0.0179. The molecule has 1 N–H and O–H groups in total. The van der Waals surface area contributed by atoms with Crippen LogP contribution in [0, 0.1) is 0 Å². The van der Waals surface area contributed by atoms with Gasteiger partial charge in [-0.2, -0.15) is 9.97 Å². The van der Waals surface area contributed by atoms with Crippen molar-refractivity contribution in [2.75, 3.05) is 12.6 Å². The van der Waals surface area contributed by atoms with Crippen LogP contribution in [0.1, 0.15) is 19.4 Å². The molecule has 2 atom stereocenters. The number of allylic oxidation sites excluding steroid dienone is 1. The topological polar surface area (TPSA) is 91.2 Å². The van der Waals surface area contributed by atoms with Crippen LogP contribution in [-0.4, -0.2) is 38.7 Å². The third kappa shape index (κ3) is 2.75. The number of carbonyl (C=O) groups is 1. The van der Waals surface area contributed by atoms with E-state index in [1.807, 2.05) is 16.7 Å². The minimum atomic E-state index is -0.303. The van der Waals surface area contributed by atoms with Gasteiger partial charge in [-0.25, -0.2) is 10.5 Å². The Morgan fingerprint density at radius 3 is 3.00 bits per heavy atom. The molecule has 0 unspecified atom stereocenters. The van der Waals surface area contributed by atoms with Gasteiger partial charge in [0.15, 0.2) is 17.0 Å². The number of fused-ring (bicyclic) bond motifs is 1. The third-order valence-electron chi connectivity index (χ3n) is 3.29. The van der Waals surface area contributed by atoms with Gasteiger partial charge in [0.1, 0.15) is 6.10 Å². The highest BCUT2D eigenvalue weighted by Gasteiger charge is 2.25. The van der Waals surface area contributed by atoms with Gasteiger partial charge in [0, 0.05) is 13.3 Å². The lowest BCUT2D eigenvalue weighted by Crippen LogP contribution is -2.14. The van der Waals surface area contributed by atoms with Crippen molar-refractivity contribution in [2.45, 2.75) is 25.5 Å². The molecule has 116 valence electrons. The summed E-state index contributed by atoms with van der Waals surface area (Å²) in [7, 11) is 1.47. The van der Waals surface area contributed by atoms with Crippen molar-refractivity contribution >= 4 is 34.6 Å². The summed E-state index contributed by atoms with van der Waals surface area (Å²) in [5.74, 6) is 0.0949. The molecule has 0 saturated carbocycles. The molecule has 0 bridgehead atoms. The maximum Gasteiger partial charge on any atom is 0.303 e. The molecule has 0 aromatic carbocycles. The molecule has 2 aromatic rings. The molecular weight excluding hydrogens is 310 g/mol. The van der Waals surface area contributed by atoms with Crippen molar-refractivity contribution < 1.29 is 14.4 Å². The number of rotatable bonds is 4. The van der Waals surface area contributed by atoms with Gasteiger partial charge < -0.3 is 9.30 Å². The summed E-state index contributed by atoms with van der Waals surface area (Å²) >= 11 is 5.95. The molecule has 0 aliphatic heterocycles. The van der Waals surface area contributed by atoms with Gasteiger partial charge in [-0.05, 0) is 17.7 Å². The first-order valence-electron chi connectivity index (χ1n) is 6.63. The number of nitrogens with zero attached hydrogens (tertiary/aromatic N) is 4. The highest BCUT2D eigenvalue weighted by molar-refractivity contribution is 6.28. The van der Waals surface area contributed by atoms with Crippen LogP contribution in [0.2, 0.25) is 5.28 Å². The molecule has 2 aromatic heterocycles. The highest BCUT2D eigenvalue weighted by atomic mass is 35.5. The maximum absolute atomic E-state index is 11.0.